The fourth-order valence-corrected chi connectivity index (χ4v) is 0.689. The minimum atomic E-state index is -0.586. The Kier molecular flexibility index (Phi) is 4.58. The Balaban J connectivity index is 3.58. The highest BCUT2D eigenvalue weighted by Crippen LogP contribution is 2.01. The topological polar surface area (TPSA) is 34.1 Å². The molecule has 0 aromatic heterocycles. The van der Waals surface area contributed by atoms with Gasteiger partial charge in [0.1, 0.15) is 11.1 Å². The maximum absolute atomic E-state index is 10.7. The van der Waals surface area contributed by atoms with Crippen LogP contribution in [0.25, 0.3) is 0 Å². The first-order chi connectivity index (χ1) is 4.22. The van der Waals surface area contributed by atoms with E-state index in [0.717, 1.165) is 6.42 Å². The molecule has 0 rings (SSSR count). The van der Waals surface area contributed by atoms with Gasteiger partial charge in [-0.1, -0.05) is 22.9 Å². The van der Waals surface area contributed by atoms with Crippen molar-refractivity contribution in [2.45, 2.75) is 24.6 Å². The van der Waals surface area contributed by atoms with Crippen molar-refractivity contribution in [1.82, 2.24) is 0 Å². The van der Waals surface area contributed by atoms with Crippen LogP contribution in [0.3, 0.4) is 0 Å². The van der Waals surface area contributed by atoms with Gasteiger partial charge in [0.2, 0.25) is 0 Å². The molecule has 1 atom stereocenters. The van der Waals surface area contributed by atoms with Crippen molar-refractivity contribution >= 4 is 28.0 Å². The molecule has 0 amide bonds. The molecule has 0 aliphatic rings. The van der Waals surface area contributed by atoms with Crippen LogP contribution in [0, 0.1) is 0 Å². The molecule has 0 fully saturated rings. The predicted molar refractivity (Wildman–Crippen MR) is 38.7 cm³/mol. The first-order valence-corrected chi connectivity index (χ1v) is 3.76. The maximum Gasteiger partial charge on any atom is 0.153 e. The normalized spacial score (nSPS) is 12.7. The van der Waals surface area contributed by atoms with E-state index in [1.807, 2.05) is 6.92 Å². The van der Waals surface area contributed by atoms with Crippen LogP contribution >= 0.6 is 15.9 Å². The molecule has 0 heterocycles. The summed E-state index contributed by atoms with van der Waals surface area (Å²) >= 11 is 2.93. The van der Waals surface area contributed by atoms with E-state index in [1.165, 1.54) is 0 Å². The van der Waals surface area contributed by atoms with Crippen LogP contribution in [0.1, 0.15) is 19.8 Å². The summed E-state index contributed by atoms with van der Waals surface area (Å²) in [5, 5.41) is 0. The number of carbonyl (C=O) groups excluding carboxylic acids is 2. The number of ketones is 1. The average molecular weight is 193 g/mol. The number of carbonyl (C=O) groups is 2. The van der Waals surface area contributed by atoms with E-state index in [2.05, 4.69) is 15.9 Å². The van der Waals surface area contributed by atoms with Crippen LogP contribution in [-0.4, -0.2) is 16.9 Å². The summed E-state index contributed by atoms with van der Waals surface area (Å²) < 4.78 is 0. The zero-order chi connectivity index (χ0) is 7.28. The van der Waals surface area contributed by atoms with Gasteiger partial charge >= 0.3 is 0 Å². The van der Waals surface area contributed by atoms with Crippen molar-refractivity contribution in [3.63, 3.8) is 0 Å². The van der Waals surface area contributed by atoms with E-state index in [4.69, 9.17) is 0 Å². The Morgan fingerprint density at radius 3 is 2.67 bits per heavy atom. The molecule has 0 aromatic rings. The van der Waals surface area contributed by atoms with Crippen molar-refractivity contribution in [2.75, 3.05) is 0 Å². The third kappa shape index (κ3) is 3.40. The van der Waals surface area contributed by atoms with Gasteiger partial charge in [0, 0.05) is 6.42 Å². The summed E-state index contributed by atoms with van der Waals surface area (Å²) in [6, 6.07) is 0. The lowest BCUT2D eigenvalue weighted by molar-refractivity contribution is -0.121. The lowest BCUT2D eigenvalue weighted by Crippen LogP contribution is -2.13. The monoisotopic (exact) mass is 192 g/mol. The fourth-order valence-electron chi connectivity index (χ4n) is 0.460. The molecule has 0 saturated heterocycles. The largest absolute Gasteiger partial charge is 0.302 e. The zero-order valence-corrected chi connectivity index (χ0v) is 6.85. The van der Waals surface area contributed by atoms with Crippen LogP contribution in [0.4, 0.5) is 0 Å². The summed E-state index contributed by atoms with van der Waals surface area (Å²) in [5.74, 6) is -0.0347. The number of alkyl halides is 1. The molecule has 52 valence electrons. The molecule has 0 saturated carbocycles. The third-order valence-electron chi connectivity index (χ3n) is 0.923. The second-order valence-corrected chi connectivity index (χ2v) is 2.74. The van der Waals surface area contributed by atoms with Crippen molar-refractivity contribution in [3.05, 3.63) is 0 Å². The van der Waals surface area contributed by atoms with Gasteiger partial charge in [0.25, 0.3) is 0 Å². The van der Waals surface area contributed by atoms with E-state index in [9.17, 15) is 9.59 Å². The molecule has 3 heteroatoms. The van der Waals surface area contributed by atoms with E-state index in [0.29, 0.717) is 12.7 Å². The summed E-state index contributed by atoms with van der Waals surface area (Å²) in [7, 11) is 0. The Hall–Kier alpha value is -0.180. The van der Waals surface area contributed by atoms with E-state index >= 15 is 0 Å². The molecular formula is C6H9BrO2. The van der Waals surface area contributed by atoms with E-state index in [-0.39, 0.29) is 5.78 Å². The molecule has 0 aliphatic carbocycles. The highest BCUT2D eigenvalue weighted by molar-refractivity contribution is 9.10. The Bertz CT molecular complexity index is 112. The van der Waals surface area contributed by atoms with Crippen molar-refractivity contribution < 1.29 is 9.59 Å². The molecule has 9 heavy (non-hydrogen) atoms. The number of Topliss-reactive ketones (excluding diaryl/α,β-unsaturated/α-hetero) is 1. The fraction of sp³-hybridized carbons (Fsp3) is 0.667. The number of halogens is 1. The van der Waals surface area contributed by atoms with Crippen molar-refractivity contribution in [1.29, 1.82) is 0 Å². The second kappa shape index (κ2) is 4.68. The third-order valence-corrected chi connectivity index (χ3v) is 1.65. The van der Waals surface area contributed by atoms with Crippen LogP contribution in [0.15, 0.2) is 0 Å². The Labute approximate surface area is 62.8 Å². The molecule has 0 bridgehead atoms. The lowest BCUT2D eigenvalue weighted by atomic mass is 10.2. The van der Waals surface area contributed by atoms with Gasteiger partial charge in [-0.05, 0) is 6.42 Å². The molecule has 2 nitrogen and oxygen atoms in total. The molecule has 0 aliphatic heterocycles. The summed E-state index contributed by atoms with van der Waals surface area (Å²) in [6.07, 6.45) is 1.89. The number of hydrogen-bond donors (Lipinski definition) is 0. The smallest absolute Gasteiger partial charge is 0.153 e. The quantitative estimate of drug-likeness (QED) is 0.383. The first-order valence-electron chi connectivity index (χ1n) is 2.84. The van der Waals surface area contributed by atoms with E-state index in [1.54, 1.807) is 0 Å². The minimum absolute atomic E-state index is 0.0347. The molecule has 0 N–H and O–H groups in total. The Morgan fingerprint density at radius 1 is 1.78 bits per heavy atom. The maximum atomic E-state index is 10.7. The van der Waals surface area contributed by atoms with Gasteiger partial charge in [0.15, 0.2) is 5.78 Å². The molecule has 0 aromatic carbocycles. The predicted octanol–water partition coefficient (Wildman–Crippen LogP) is 1.32. The molecular weight excluding hydrogens is 184 g/mol. The highest BCUT2D eigenvalue weighted by atomic mass is 79.9. The van der Waals surface area contributed by atoms with Gasteiger partial charge < -0.3 is 4.79 Å². The minimum Gasteiger partial charge on any atom is -0.302 e. The van der Waals surface area contributed by atoms with E-state index < -0.39 is 4.83 Å². The summed E-state index contributed by atoms with van der Waals surface area (Å²) in [4.78, 5) is 20.1. The van der Waals surface area contributed by atoms with Gasteiger partial charge in [0.05, 0.1) is 0 Å². The van der Waals surface area contributed by atoms with Crippen LogP contribution < -0.4 is 0 Å². The zero-order valence-electron chi connectivity index (χ0n) is 5.26. The summed E-state index contributed by atoms with van der Waals surface area (Å²) in [5.41, 5.74) is 0. The highest BCUT2D eigenvalue weighted by Gasteiger charge is 2.10. The lowest BCUT2D eigenvalue weighted by Gasteiger charge is -1.96. The molecule has 0 radical (unpaired) electrons. The van der Waals surface area contributed by atoms with Gasteiger partial charge in [-0.2, -0.15) is 0 Å². The SMILES string of the molecule is CCCC(=O)C(Br)C=O. The van der Waals surface area contributed by atoms with Crippen molar-refractivity contribution in [2.24, 2.45) is 0 Å². The molecule has 0 spiro atoms. The number of aldehydes is 1. The summed E-state index contributed by atoms with van der Waals surface area (Å²) in [6.45, 7) is 1.91. The van der Waals surface area contributed by atoms with Crippen LogP contribution in [0.2, 0.25) is 0 Å². The van der Waals surface area contributed by atoms with Crippen LogP contribution in [0.5, 0.6) is 0 Å². The van der Waals surface area contributed by atoms with Crippen molar-refractivity contribution in [3.8, 4) is 0 Å². The van der Waals surface area contributed by atoms with Gasteiger partial charge in [-0.3, -0.25) is 4.79 Å². The van der Waals surface area contributed by atoms with Gasteiger partial charge in [-0.25, -0.2) is 0 Å². The number of hydrogen-bond acceptors (Lipinski definition) is 2. The van der Waals surface area contributed by atoms with Crippen LogP contribution in [-0.2, 0) is 9.59 Å². The van der Waals surface area contributed by atoms with Gasteiger partial charge in [-0.15, -0.1) is 0 Å². The standard InChI is InChI=1S/C6H9BrO2/c1-2-3-6(9)5(7)4-8/h4-5H,2-3H2,1H3. The molecule has 1 unspecified atom stereocenters. The second-order valence-electron chi connectivity index (χ2n) is 1.75. The average Bonchev–Trinajstić information content (AvgIpc) is 1.87. The Morgan fingerprint density at radius 2 is 2.33 bits per heavy atom. The first kappa shape index (κ1) is 8.82. The number of rotatable bonds is 4.